The number of carbonyl (C=O) groups is 1. The number of aromatic amines is 1. The number of hydrogen-bond donors (Lipinski definition) is 2. The second kappa shape index (κ2) is 12.9. The summed E-state index contributed by atoms with van der Waals surface area (Å²) in [6.45, 7) is 6.71. The van der Waals surface area contributed by atoms with Crippen LogP contribution in [0.3, 0.4) is 0 Å². The minimum atomic E-state index is -0.974. The molecule has 0 amide bonds. The summed E-state index contributed by atoms with van der Waals surface area (Å²) in [7, 11) is 1.80. The molecule has 0 spiro atoms. The number of H-pyrrole nitrogens is 1. The van der Waals surface area contributed by atoms with Crippen molar-refractivity contribution in [3.8, 4) is 16.9 Å². The molecule has 240 valence electrons. The number of ether oxygens (including phenoxy) is 1. The largest absolute Gasteiger partial charge is 0.493 e. The number of nitrogens with one attached hydrogen (secondary N) is 1. The van der Waals surface area contributed by atoms with Crippen molar-refractivity contribution >= 4 is 62.8 Å². The molecule has 0 aliphatic carbocycles. The Morgan fingerprint density at radius 1 is 1.13 bits per heavy atom. The van der Waals surface area contributed by atoms with E-state index in [0.29, 0.717) is 30.2 Å². The third-order valence-corrected chi connectivity index (χ3v) is 10.9. The lowest BCUT2D eigenvalue weighted by atomic mass is 9.98. The number of carboxylic acids is 1. The molecule has 3 aromatic carbocycles. The van der Waals surface area contributed by atoms with Gasteiger partial charge in [-0.3, -0.25) is 9.78 Å². The number of benzene rings is 2. The molecule has 47 heavy (non-hydrogen) atoms. The smallest absolute Gasteiger partial charge is 0.352 e. The van der Waals surface area contributed by atoms with Gasteiger partial charge in [0, 0.05) is 73.9 Å². The van der Waals surface area contributed by atoms with E-state index in [4.69, 9.17) is 21.4 Å². The number of aromatic carboxylic acids is 1. The van der Waals surface area contributed by atoms with E-state index in [-0.39, 0.29) is 11.7 Å². The highest BCUT2D eigenvalue weighted by molar-refractivity contribution is 7.98. The highest BCUT2D eigenvalue weighted by Crippen LogP contribution is 2.42. The summed E-state index contributed by atoms with van der Waals surface area (Å²) in [4.78, 5) is 13.8. The Morgan fingerprint density at radius 2 is 1.98 bits per heavy atom. The van der Waals surface area contributed by atoms with Gasteiger partial charge in [0.25, 0.3) is 0 Å². The lowest BCUT2D eigenvalue weighted by molar-refractivity contribution is 0.0685. The second-order valence-corrected chi connectivity index (χ2v) is 14.5. The first-order chi connectivity index (χ1) is 22.7. The molecule has 4 heterocycles. The molecule has 8 bridgehead atoms. The van der Waals surface area contributed by atoms with E-state index in [2.05, 4.69) is 59.1 Å². The molecule has 0 saturated carbocycles. The monoisotopic (exact) mass is 683 g/mol. The zero-order chi connectivity index (χ0) is 32.8. The fourth-order valence-corrected chi connectivity index (χ4v) is 8.58. The van der Waals surface area contributed by atoms with Gasteiger partial charge in [0.2, 0.25) is 0 Å². The first kappa shape index (κ1) is 31.6. The number of fused-ring (bicyclic) bond motifs is 8. The first-order valence-electron chi connectivity index (χ1n) is 15.5. The van der Waals surface area contributed by atoms with Crippen LogP contribution in [0.2, 0.25) is 5.02 Å². The standard InChI is InChI=1S/C36H34ClN5O3S2/c1-20(2)42-24-15-23(40-42)17-46-19-30-32(21(3)38-39-30)33-29(37)12-11-28-27(35(36(43)44)41(4)34(28)33)10-7-13-45-31-16-25(47-18-24)14-22-8-5-6-9-26(22)31/h6,9,11-12,14-16,20H,7,10,13,17-19H2,1-4H3,(H,38,39)(H,43,44). The zero-order valence-corrected chi connectivity index (χ0v) is 29.0. The molecule has 0 unspecified atom stereocenters. The second-order valence-electron chi connectivity index (χ2n) is 12.1. The highest BCUT2D eigenvalue weighted by Gasteiger charge is 2.27. The van der Waals surface area contributed by atoms with Gasteiger partial charge in [-0.05, 0) is 75.6 Å². The molecule has 1 aliphatic heterocycles. The van der Waals surface area contributed by atoms with E-state index < -0.39 is 5.97 Å². The number of aryl methyl sites for hydroxylation is 3. The minimum absolute atomic E-state index is 0.224. The highest BCUT2D eigenvalue weighted by atomic mass is 35.5. The fraction of sp³-hybridized carbons (Fsp3) is 0.306. The number of rotatable bonds is 2. The quantitative estimate of drug-likeness (QED) is 0.188. The third kappa shape index (κ3) is 5.86. The lowest BCUT2D eigenvalue weighted by Gasteiger charge is -2.13. The maximum absolute atomic E-state index is 12.7. The SMILES string of the molecule is Cc1[nH]nc2c1-c1c(Cl)ccc3c(c(C(=O)O)n(C)c13)CCCOc1cc(cc3c#cccc13)SCc1cc(nn1C(C)C)CSC2. The number of hydrogen-bond acceptors (Lipinski definition) is 6. The van der Waals surface area contributed by atoms with Crippen LogP contribution in [0.25, 0.3) is 32.8 Å². The molecule has 7 rings (SSSR count). The summed E-state index contributed by atoms with van der Waals surface area (Å²) < 4.78 is 10.3. The molecule has 0 atom stereocenters. The minimum Gasteiger partial charge on any atom is -0.493 e. The normalized spacial score (nSPS) is 14.2. The molecule has 0 radical (unpaired) electrons. The average Bonchev–Trinajstić information content (AvgIpc) is 3.71. The van der Waals surface area contributed by atoms with Crippen LogP contribution in [0.1, 0.15) is 65.1 Å². The Balaban J connectivity index is 1.35. The van der Waals surface area contributed by atoms with Crippen molar-refractivity contribution in [3.05, 3.63) is 93.7 Å². The number of aromatic nitrogens is 5. The molecule has 8 nitrogen and oxygen atoms in total. The third-order valence-electron chi connectivity index (χ3n) is 8.60. The molecule has 1 aliphatic rings. The van der Waals surface area contributed by atoms with Gasteiger partial charge in [0.15, 0.2) is 0 Å². The van der Waals surface area contributed by atoms with Crippen molar-refractivity contribution in [2.45, 2.75) is 61.8 Å². The van der Waals surface area contributed by atoms with E-state index in [0.717, 1.165) is 77.6 Å². The maximum Gasteiger partial charge on any atom is 0.352 e. The van der Waals surface area contributed by atoms with E-state index in [1.165, 1.54) is 5.69 Å². The first-order valence-corrected chi connectivity index (χ1v) is 18.1. The molecule has 0 saturated heterocycles. The van der Waals surface area contributed by atoms with Crippen LogP contribution in [0.5, 0.6) is 5.75 Å². The van der Waals surface area contributed by atoms with Crippen molar-refractivity contribution in [1.82, 2.24) is 24.5 Å². The summed E-state index contributed by atoms with van der Waals surface area (Å²) in [6, 6.07) is 20.6. The van der Waals surface area contributed by atoms with E-state index >= 15 is 0 Å². The molecule has 11 heteroatoms. The van der Waals surface area contributed by atoms with Crippen LogP contribution in [-0.4, -0.2) is 42.2 Å². The van der Waals surface area contributed by atoms with Gasteiger partial charge in [0.05, 0.1) is 28.5 Å². The Morgan fingerprint density at radius 3 is 2.79 bits per heavy atom. The zero-order valence-electron chi connectivity index (χ0n) is 26.6. The lowest BCUT2D eigenvalue weighted by Crippen LogP contribution is -2.09. The molecule has 2 N–H and O–H groups in total. The summed E-state index contributed by atoms with van der Waals surface area (Å²) >= 11 is 10.4. The van der Waals surface area contributed by atoms with Crippen LogP contribution in [-0.2, 0) is 30.7 Å². The van der Waals surface area contributed by atoms with Crippen molar-refractivity contribution in [1.29, 1.82) is 0 Å². The maximum atomic E-state index is 12.7. The van der Waals surface area contributed by atoms with Gasteiger partial charge >= 0.3 is 5.97 Å². The topological polar surface area (TPSA) is 98.0 Å². The summed E-state index contributed by atoms with van der Waals surface area (Å²) in [6.07, 6.45) is 1.16. The molecular weight excluding hydrogens is 650 g/mol. The Hall–Kier alpha value is -4.04. The number of carboxylic acid groups (broad SMARTS) is 1. The van der Waals surface area contributed by atoms with E-state index in [9.17, 15) is 9.90 Å². The van der Waals surface area contributed by atoms with Crippen LogP contribution in [0.15, 0.2) is 47.4 Å². The summed E-state index contributed by atoms with van der Waals surface area (Å²) in [5.74, 6) is 1.93. The van der Waals surface area contributed by atoms with E-state index in [1.54, 1.807) is 35.1 Å². The predicted octanol–water partition coefficient (Wildman–Crippen LogP) is 8.81. The molecule has 3 aromatic heterocycles. The number of halogens is 1. The molecular formula is C36H34ClN5O3S2. The van der Waals surface area contributed by atoms with Crippen LogP contribution < -0.4 is 4.74 Å². The fourth-order valence-electron chi connectivity index (χ4n) is 6.56. The van der Waals surface area contributed by atoms with Crippen LogP contribution in [0, 0.1) is 19.1 Å². The summed E-state index contributed by atoms with van der Waals surface area (Å²) in [5.41, 5.74) is 7.47. The van der Waals surface area contributed by atoms with Crippen LogP contribution in [0.4, 0.5) is 0 Å². The predicted molar refractivity (Wildman–Crippen MR) is 190 cm³/mol. The number of nitrogens with zero attached hydrogens (tertiary/aromatic N) is 4. The van der Waals surface area contributed by atoms with E-state index in [1.807, 2.05) is 31.2 Å². The average molecular weight is 684 g/mol. The molecule has 6 aromatic rings. The van der Waals surface area contributed by atoms with Gasteiger partial charge in [-0.2, -0.15) is 10.2 Å². The van der Waals surface area contributed by atoms with Crippen LogP contribution >= 0.6 is 35.1 Å². The van der Waals surface area contributed by atoms with Gasteiger partial charge in [0.1, 0.15) is 11.4 Å². The Bertz CT molecular complexity index is 2150. The van der Waals surface area contributed by atoms with Crippen molar-refractivity contribution in [2.75, 3.05) is 6.61 Å². The summed E-state index contributed by atoms with van der Waals surface area (Å²) in [5, 5.41) is 26.6. The van der Waals surface area contributed by atoms with Gasteiger partial charge < -0.3 is 14.4 Å². The van der Waals surface area contributed by atoms with Gasteiger partial charge in [-0.1, -0.05) is 29.8 Å². The van der Waals surface area contributed by atoms with Crippen molar-refractivity contribution in [2.24, 2.45) is 7.05 Å². The number of thioether (sulfide) groups is 2. The van der Waals surface area contributed by atoms with Crippen molar-refractivity contribution < 1.29 is 14.6 Å². The van der Waals surface area contributed by atoms with Gasteiger partial charge in [-0.15, -0.1) is 23.5 Å². The Labute approximate surface area is 286 Å². The molecule has 0 fully saturated rings. The Kier molecular flexibility index (Phi) is 8.64. The van der Waals surface area contributed by atoms with Crippen molar-refractivity contribution in [3.63, 3.8) is 0 Å². The van der Waals surface area contributed by atoms with Gasteiger partial charge in [-0.25, -0.2) is 4.79 Å².